The van der Waals surface area contributed by atoms with Gasteiger partial charge in [-0.1, -0.05) is 5.16 Å². The number of hydrogen-bond acceptors (Lipinski definition) is 6. The van der Waals surface area contributed by atoms with Crippen LogP contribution >= 0.6 is 0 Å². The maximum atomic E-state index is 5.31. The lowest BCUT2D eigenvalue weighted by Crippen LogP contribution is -2.04. The first-order valence-electron chi connectivity index (χ1n) is 6.63. The first-order valence-corrected chi connectivity index (χ1v) is 6.63. The van der Waals surface area contributed by atoms with E-state index in [0.717, 1.165) is 28.4 Å². The third kappa shape index (κ3) is 3.22. The summed E-state index contributed by atoms with van der Waals surface area (Å²) < 4.78 is 5.31. The second kappa shape index (κ2) is 5.70. The van der Waals surface area contributed by atoms with Crippen molar-refractivity contribution in [3.63, 3.8) is 0 Å². The van der Waals surface area contributed by atoms with Gasteiger partial charge in [-0.05, 0) is 32.0 Å². The summed E-state index contributed by atoms with van der Waals surface area (Å²) in [6, 6.07) is 7.62. The Morgan fingerprint density at radius 1 is 1.14 bits per heavy atom. The maximum Gasteiger partial charge on any atom is 0.223 e. The number of rotatable bonds is 4. The molecule has 0 saturated carbocycles. The lowest BCUT2D eigenvalue weighted by atomic mass is 10.2. The van der Waals surface area contributed by atoms with Crippen LogP contribution < -0.4 is 5.32 Å². The van der Waals surface area contributed by atoms with Crippen molar-refractivity contribution < 1.29 is 4.52 Å². The van der Waals surface area contributed by atoms with Crippen LogP contribution in [0.1, 0.15) is 17.1 Å². The smallest absolute Gasteiger partial charge is 0.223 e. The molecule has 0 unspecified atom stereocenters. The zero-order valence-electron chi connectivity index (χ0n) is 11.9. The minimum absolute atomic E-state index is 0.482. The fourth-order valence-electron chi connectivity index (χ4n) is 2.02. The lowest BCUT2D eigenvalue weighted by Gasteiger charge is -2.04. The van der Waals surface area contributed by atoms with E-state index in [4.69, 9.17) is 4.52 Å². The number of anilines is 1. The van der Waals surface area contributed by atoms with E-state index in [-0.39, 0.29) is 0 Å². The van der Waals surface area contributed by atoms with Gasteiger partial charge in [0.1, 0.15) is 5.69 Å². The van der Waals surface area contributed by atoms with Crippen LogP contribution in [-0.2, 0) is 6.54 Å². The topological polar surface area (TPSA) is 76.7 Å². The summed E-state index contributed by atoms with van der Waals surface area (Å²) in [6.45, 7) is 4.36. The van der Waals surface area contributed by atoms with Gasteiger partial charge in [0.25, 0.3) is 0 Å². The van der Waals surface area contributed by atoms with Crippen molar-refractivity contribution in [1.82, 2.24) is 20.1 Å². The SMILES string of the molecule is Cc1cc(C)nc(NCc2cc(-c3cccnc3)no2)n1. The van der Waals surface area contributed by atoms with Crippen LogP contribution in [0.4, 0.5) is 5.95 Å². The van der Waals surface area contributed by atoms with Crippen LogP contribution in [0.2, 0.25) is 0 Å². The second-order valence-corrected chi connectivity index (χ2v) is 4.75. The fourth-order valence-corrected chi connectivity index (χ4v) is 2.02. The Balaban J connectivity index is 1.70. The standard InChI is InChI=1S/C15H15N5O/c1-10-6-11(2)19-15(18-10)17-9-13-7-14(20-21-13)12-4-3-5-16-8-12/h3-8H,9H2,1-2H3,(H,17,18,19). The molecule has 3 rings (SSSR count). The summed E-state index contributed by atoms with van der Waals surface area (Å²) in [5.41, 5.74) is 3.55. The molecule has 3 heterocycles. The van der Waals surface area contributed by atoms with E-state index in [1.165, 1.54) is 0 Å². The molecule has 21 heavy (non-hydrogen) atoms. The largest absolute Gasteiger partial charge is 0.359 e. The number of pyridine rings is 1. The van der Waals surface area contributed by atoms with Crippen molar-refractivity contribution in [2.24, 2.45) is 0 Å². The zero-order chi connectivity index (χ0) is 14.7. The predicted octanol–water partition coefficient (Wildman–Crippen LogP) is 2.76. The molecule has 0 radical (unpaired) electrons. The Labute approximate surface area is 122 Å². The lowest BCUT2D eigenvalue weighted by molar-refractivity contribution is 0.390. The molecule has 0 aliphatic heterocycles. The molecule has 0 aliphatic rings. The Morgan fingerprint density at radius 3 is 2.67 bits per heavy atom. The fraction of sp³-hybridized carbons (Fsp3) is 0.200. The number of nitrogens with zero attached hydrogens (tertiary/aromatic N) is 4. The van der Waals surface area contributed by atoms with Crippen LogP contribution in [-0.4, -0.2) is 20.1 Å². The van der Waals surface area contributed by atoms with Crippen LogP contribution in [0.3, 0.4) is 0 Å². The van der Waals surface area contributed by atoms with Crippen molar-refractivity contribution >= 4 is 5.95 Å². The maximum absolute atomic E-state index is 5.31. The molecule has 6 heteroatoms. The highest BCUT2D eigenvalue weighted by atomic mass is 16.5. The molecule has 0 spiro atoms. The molecule has 0 aromatic carbocycles. The first kappa shape index (κ1) is 13.2. The van der Waals surface area contributed by atoms with Crippen molar-refractivity contribution in [3.05, 3.63) is 53.8 Å². The quantitative estimate of drug-likeness (QED) is 0.792. The zero-order valence-corrected chi connectivity index (χ0v) is 11.9. The molecule has 1 N–H and O–H groups in total. The number of aromatic nitrogens is 4. The molecule has 0 amide bonds. The van der Waals surface area contributed by atoms with Gasteiger partial charge in [0.2, 0.25) is 5.95 Å². The molecule has 0 fully saturated rings. The summed E-state index contributed by atoms with van der Waals surface area (Å²) >= 11 is 0. The molecule has 3 aromatic rings. The normalized spacial score (nSPS) is 10.6. The molecule has 0 saturated heterocycles. The molecule has 3 aromatic heterocycles. The first-order chi connectivity index (χ1) is 10.2. The Morgan fingerprint density at radius 2 is 1.95 bits per heavy atom. The predicted molar refractivity (Wildman–Crippen MR) is 78.6 cm³/mol. The van der Waals surface area contributed by atoms with E-state index in [1.54, 1.807) is 12.4 Å². The minimum Gasteiger partial charge on any atom is -0.359 e. The van der Waals surface area contributed by atoms with Crippen molar-refractivity contribution in [2.45, 2.75) is 20.4 Å². The van der Waals surface area contributed by atoms with Gasteiger partial charge in [-0.2, -0.15) is 0 Å². The monoisotopic (exact) mass is 281 g/mol. The molecule has 0 aliphatic carbocycles. The van der Waals surface area contributed by atoms with Gasteiger partial charge in [-0.15, -0.1) is 0 Å². The van der Waals surface area contributed by atoms with Gasteiger partial charge in [0.05, 0.1) is 6.54 Å². The Bertz CT molecular complexity index is 719. The van der Waals surface area contributed by atoms with Crippen molar-refractivity contribution in [1.29, 1.82) is 0 Å². The van der Waals surface area contributed by atoms with E-state index in [0.29, 0.717) is 12.5 Å². The van der Waals surface area contributed by atoms with E-state index in [1.807, 2.05) is 38.1 Å². The Hall–Kier alpha value is -2.76. The van der Waals surface area contributed by atoms with Gasteiger partial charge in [-0.3, -0.25) is 4.98 Å². The third-order valence-electron chi connectivity index (χ3n) is 2.92. The summed E-state index contributed by atoms with van der Waals surface area (Å²) in [4.78, 5) is 12.7. The highest BCUT2D eigenvalue weighted by Gasteiger charge is 2.07. The number of hydrogen-bond donors (Lipinski definition) is 1. The van der Waals surface area contributed by atoms with Gasteiger partial charge < -0.3 is 9.84 Å². The molecule has 6 nitrogen and oxygen atoms in total. The van der Waals surface area contributed by atoms with Crippen LogP contribution in [0.25, 0.3) is 11.3 Å². The average Bonchev–Trinajstić information content (AvgIpc) is 2.94. The Kier molecular flexibility index (Phi) is 3.59. The van der Waals surface area contributed by atoms with E-state index < -0.39 is 0 Å². The second-order valence-electron chi connectivity index (χ2n) is 4.75. The van der Waals surface area contributed by atoms with Crippen LogP contribution in [0, 0.1) is 13.8 Å². The average molecular weight is 281 g/mol. The van der Waals surface area contributed by atoms with Crippen molar-refractivity contribution in [2.75, 3.05) is 5.32 Å². The highest BCUT2D eigenvalue weighted by Crippen LogP contribution is 2.18. The summed E-state index contributed by atoms with van der Waals surface area (Å²) in [7, 11) is 0. The van der Waals surface area contributed by atoms with E-state index >= 15 is 0 Å². The van der Waals surface area contributed by atoms with Gasteiger partial charge in [0, 0.05) is 35.4 Å². The van der Waals surface area contributed by atoms with Crippen molar-refractivity contribution in [3.8, 4) is 11.3 Å². The molecule has 106 valence electrons. The van der Waals surface area contributed by atoms with Gasteiger partial charge >= 0.3 is 0 Å². The minimum atomic E-state index is 0.482. The molecule has 0 atom stereocenters. The van der Waals surface area contributed by atoms with Crippen LogP contribution in [0.5, 0.6) is 0 Å². The number of nitrogens with one attached hydrogen (secondary N) is 1. The number of aryl methyl sites for hydroxylation is 2. The van der Waals surface area contributed by atoms with Gasteiger partial charge in [-0.25, -0.2) is 9.97 Å². The summed E-state index contributed by atoms with van der Waals surface area (Å²) in [5.74, 6) is 1.31. The summed E-state index contributed by atoms with van der Waals surface area (Å²) in [5, 5.41) is 7.17. The van der Waals surface area contributed by atoms with Gasteiger partial charge in [0.15, 0.2) is 5.76 Å². The third-order valence-corrected chi connectivity index (χ3v) is 2.92. The van der Waals surface area contributed by atoms with E-state index in [9.17, 15) is 0 Å². The van der Waals surface area contributed by atoms with Crippen LogP contribution in [0.15, 0.2) is 41.2 Å². The van der Waals surface area contributed by atoms with E-state index in [2.05, 4.69) is 25.4 Å². The molecule has 0 bridgehead atoms. The molecular weight excluding hydrogens is 266 g/mol. The summed E-state index contributed by atoms with van der Waals surface area (Å²) in [6.07, 6.45) is 3.48. The molecular formula is C15H15N5O. The highest BCUT2D eigenvalue weighted by molar-refractivity contribution is 5.57.